The highest BCUT2D eigenvalue weighted by Gasteiger charge is 2.11. The molecule has 3 nitrogen and oxygen atoms in total. The highest BCUT2D eigenvalue weighted by atomic mass is 35.5. The maximum Gasteiger partial charge on any atom is 0.193 e. The molecule has 1 aromatic heterocycles. The minimum absolute atomic E-state index is 0.179. The third-order valence-electron chi connectivity index (χ3n) is 3.27. The van der Waals surface area contributed by atoms with E-state index < -0.39 is 0 Å². The Hall–Kier alpha value is -2.28. The number of halogens is 2. The fraction of sp³-hybridized carbons (Fsp3) is 0.0588. The number of nitrogens with zero attached hydrogens (tertiary/aromatic N) is 1. The molecule has 0 atom stereocenters. The molecule has 0 aliphatic carbocycles. The average Bonchev–Trinajstić information content (AvgIpc) is 2.48. The van der Waals surface area contributed by atoms with Crippen molar-refractivity contribution in [2.75, 3.05) is 0 Å². The van der Waals surface area contributed by atoms with E-state index in [-0.39, 0.29) is 11.8 Å². The van der Waals surface area contributed by atoms with Crippen molar-refractivity contribution in [3.63, 3.8) is 0 Å². The molecule has 0 spiro atoms. The van der Waals surface area contributed by atoms with Gasteiger partial charge in [0.05, 0.1) is 22.9 Å². The standard InChI is InChI=1S/C17H9Cl2NO2/c18-11-2-3-12(14(19)8-11)17-9-15(21)13-7-10(5-6-20)1-4-16(13)22-17/h1-4,7-9H,5H2. The fourth-order valence-electron chi connectivity index (χ4n) is 2.23. The molecule has 0 N–H and O–H groups in total. The highest BCUT2D eigenvalue weighted by molar-refractivity contribution is 6.36. The molecular weight excluding hydrogens is 321 g/mol. The van der Waals surface area contributed by atoms with Gasteiger partial charge >= 0.3 is 0 Å². The molecular formula is C17H9Cl2NO2. The van der Waals surface area contributed by atoms with Crippen LogP contribution in [0, 0.1) is 11.3 Å². The summed E-state index contributed by atoms with van der Waals surface area (Å²) in [7, 11) is 0. The third kappa shape index (κ3) is 2.71. The van der Waals surface area contributed by atoms with Crippen LogP contribution in [0.15, 0.2) is 51.7 Å². The predicted octanol–water partition coefficient (Wildman–Crippen LogP) is 4.83. The molecule has 0 aliphatic heterocycles. The zero-order valence-electron chi connectivity index (χ0n) is 11.3. The van der Waals surface area contributed by atoms with Crippen molar-refractivity contribution in [1.82, 2.24) is 0 Å². The van der Waals surface area contributed by atoms with Gasteiger partial charge in [-0.3, -0.25) is 4.79 Å². The summed E-state index contributed by atoms with van der Waals surface area (Å²) in [5, 5.41) is 10.1. The van der Waals surface area contributed by atoms with Crippen molar-refractivity contribution >= 4 is 34.2 Å². The van der Waals surface area contributed by atoms with Crippen LogP contribution in [0.4, 0.5) is 0 Å². The molecule has 3 rings (SSSR count). The lowest BCUT2D eigenvalue weighted by atomic mass is 10.1. The second kappa shape index (κ2) is 5.84. The lowest BCUT2D eigenvalue weighted by molar-refractivity contribution is 0.619. The quantitative estimate of drug-likeness (QED) is 0.676. The molecule has 2 aromatic carbocycles. The van der Waals surface area contributed by atoms with Crippen LogP contribution in [0.3, 0.4) is 0 Å². The van der Waals surface area contributed by atoms with Crippen LogP contribution in [0.5, 0.6) is 0 Å². The first-order chi connectivity index (χ1) is 10.6. The first kappa shape index (κ1) is 14.6. The summed E-state index contributed by atoms with van der Waals surface area (Å²) in [6, 6.07) is 13.6. The lowest BCUT2D eigenvalue weighted by Crippen LogP contribution is -2.01. The summed E-state index contributed by atoms with van der Waals surface area (Å²) in [4.78, 5) is 12.3. The maximum atomic E-state index is 12.3. The van der Waals surface area contributed by atoms with Crippen molar-refractivity contribution in [2.45, 2.75) is 6.42 Å². The summed E-state index contributed by atoms with van der Waals surface area (Å²) < 4.78 is 5.77. The normalized spacial score (nSPS) is 10.6. The topological polar surface area (TPSA) is 54.0 Å². The fourth-order valence-corrected chi connectivity index (χ4v) is 2.73. The van der Waals surface area contributed by atoms with E-state index in [0.717, 1.165) is 5.56 Å². The van der Waals surface area contributed by atoms with Crippen LogP contribution in [0.2, 0.25) is 10.0 Å². The predicted molar refractivity (Wildman–Crippen MR) is 87.3 cm³/mol. The molecule has 1 heterocycles. The number of rotatable bonds is 2. The van der Waals surface area contributed by atoms with E-state index >= 15 is 0 Å². The van der Waals surface area contributed by atoms with Crippen molar-refractivity contribution in [2.24, 2.45) is 0 Å². The Morgan fingerprint density at radius 1 is 1.09 bits per heavy atom. The molecule has 0 amide bonds. The number of nitriles is 1. The van der Waals surface area contributed by atoms with E-state index in [2.05, 4.69) is 6.07 Å². The van der Waals surface area contributed by atoms with Gasteiger partial charge in [0.15, 0.2) is 5.43 Å². The average molecular weight is 330 g/mol. The Kier molecular flexibility index (Phi) is 3.89. The van der Waals surface area contributed by atoms with Gasteiger partial charge in [0.1, 0.15) is 11.3 Å². The van der Waals surface area contributed by atoms with Crippen molar-refractivity contribution < 1.29 is 4.42 Å². The van der Waals surface area contributed by atoms with Gasteiger partial charge in [0.2, 0.25) is 0 Å². The van der Waals surface area contributed by atoms with E-state index in [4.69, 9.17) is 32.9 Å². The Bertz CT molecular complexity index is 971. The Morgan fingerprint density at radius 3 is 2.64 bits per heavy atom. The summed E-state index contributed by atoms with van der Waals surface area (Å²) >= 11 is 12.0. The van der Waals surface area contributed by atoms with Crippen LogP contribution >= 0.6 is 23.2 Å². The summed E-state index contributed by atoms with van der Waals surface area (Å²) in [5.74, 6) is 0.382. The van der Waals surface area contributed by atoms with Gasteiger partial charge in [-0.05, 0) is 35.9 Å². The van der Waals surface area contributed by atoms with E-state index in [9.17, 15) is 4.79 Å². The number of benzene rings is 2. The first-order valence-electron chi connectivity index (χ1n) is 6.47. The summed E-state index contributed by atoms with van der Waals surface area (Å²) in [5.41, 5.74) is 1.66. The van der Waals surface area contributed by atoms with E-state index in [1.54, 1.807) is 36.4 Å². The van der Waals surface area contributed by atoms with Gasteiger partial charge in [-0.1, -0.05) is 29.3 Å². The molecule has 3 aromatic rings. The second-order valence-electron chi connectivity index (χ2n) is 4.76. The molecule has 0 unspecified atom stereocenters. The number of fused-ring (bicyclic) bond motifs is 1. The summed E-state index contributed by atoms with van der Waals surface area (Å²) in [6.45, 7) is 0. The van der Waals surface area contributed by atoms with Gasteiger partial charge < -0.3 is 4.42 Å². The molecule has 0 saturated heterocycles. The monoisotopic (exact) mass is 329 g/mol. The smallest absolute Gasteiger partial charge is 0.193 e. The van der Waals surface area contributed by atoms with Crippen molar-refractivity contribution in [3.05, 3.63) is 68.3 Å². The second-order valence-corrected chi connectivity index (χ2v) is 5.61. The molecule has 0 saturated carbocycles. The largest absolute Gasteiger partial charge is 0.456 e. The van der Waals surface area contributed by atoms with E-state index in [1.165, 1.54) is 6.07 Å². The zero-order valence-corrected chi connectivity index (χ0v) is 12.8. The van der Waals surface area contributed by atoms with Gasteiger partial charge in [0, 0.05) is 16.7 Å². The number of hydrogen-bond donors (Lipinski definition) is 0. The van der Waals surface area contributed by atoms with Crippen molar-refractivity contribution in [1.29, 1.82) is 5.26 Å². The van der Waals surface area contributed by atoms with E-state index in [1.807, 2.05) is 0 Å². The first-order valence-corrected chi connectivity index (χ1v) is 7.23. The molecule has 5 heteroatoms. The molecule has 0 fully saturated rings. The van der Waals surface area contributed by atoms with Crippen LogP contribution in [0.1, 0.15) is 5.56 Å². The van der Waals surface area contributed by atoms with Gasteiger partial charge in [-0.25, -0.2) is 0 Å². The minimum atomic E-state index is -0.179. The molecule has 108 valence electrons. The molecule has 22 heavy (non-hydrogen) atoms. The van der Waals surface area contributed by atoms with Crippen molar-refractivity contribution in [3.8, 4) is 17.4 Å². The Labute approximate surface area is 136 Å². The van der Waals surface area contributed by atoms with Crippen LogP contribution in [-0.2, 0) is 6.42 Å². The molecule has 0 aliphatic rings. The van der Waals surface area contributed by atoms with Crippen LogP contribution in [0.25, 0.3) is 22.3 Å². The maximum absolute atomic E-state index is 12.3. The van der Waals surface area contributed by atoms with Gasteiger partial charge in [-0.2, -0.15) is 5.26 Å². The SMILES string of the molecule is N#CCc1ccc2oc(-c3ccc(Cl)cc3Cl)cc(=O)c2c1. The van der Waals surface area contributed by atoms with Gasteiger partial charge in [-0.15, -0.1) is 0 Å². The van der Waals surface area contributed by atoms with Crippen LogP contribution < -0.4 is 5.43 Å². The molecule has 0 radical (unpaired) electrons. The lowest BCUT2D eigenvalue weighted by Gasteiger charge is -2.06. The minimum Gasteiger partial charge on any atom is -0.456 e. The van der Waals surface area contributed by atoms with E-state index in [0.29, 0.717) is 32.3 Å². The van der Waals surface area contributed by atoms with Gasteiger partial charge in [0.25, 0.3) is 0 Å². The van der Waals surface area contributed by atoms with Crippen LogP contribution in [-0.4, -0.2) is 0 Å². The highest BCUT2D eigenvalue weighted by Crippen LogP contribution is 2.31. The summed E-state index contributed by atoms with van der Waals surface area (Å²) in [6.07, 6.45) is 0.250. The number of hydrogen-bond acceptors (Lipinski definition) is 3. The molecule has 0 bridgehead atoms. The zero-order chi connectivity index (χ0) is 15.7. The third-order valence-corrected chi connectivity index (χ3v) is 3.82. The Balaban J connectivity index is 2.19. The Morgan fingerprint density at radius 2 is 1.91 bits per heavy atom.